The molecule has 60 heavy (non-hydrogen) atoms. The summed E-state index contributed by atoms with van der Waals surface area (Å²) in [6.45, 7) is 23.9. The van der Waals surface area contributed by atoms with Gasteiger partial charge in [-0.3, -0.25) is 19.2 Å². The molecule has 0 N–H and O–H groups in total. The Balaban J connectivity index is 1.30. The van der Waals surface area contributed by atoms with E-state index in [0.717, 1.165) is 51.4 Å². The Morgan fingerprint density at radius 1 is 0.333 bits per heavy atom. The van der Waals surface area contributed by atoms with Crippen LogP contribution in [0.3, 0.4) is 0 Å². The maximum Gasteiger partial charge on any atom is 0.311 e. The van der Waals surface area contributed by atoms with Crippen molar-refractivity contribution in [1.29, 1.82) is 0 Å². The number of esters is 4. The highest BCUT2D eigenvalue weighted by Crippen LogP contribution is 2.37. The summed E-state index contributed by atoms with van der Waals surface area (Å²) in [4.78, 5) is 54.5. The minimum atomic E-state index is -0.457. The van der Waals surface area contributed by atoms with Crippen LogP contribution in [0.25, 0.3) is 0 Å². The number of ether oxygens (including phenoxy) is 8. The molecule has 0 aliphatic carbocycles. The van der Waals surface area contributed by atoms with E-state index in [2.05, 4.69) is 0 Å². The summed E-state index contributed by atoms with van der Waals surface area (Å²) in [5, 5.41) is 0. The first-order valence-electron chi connectivity index (χ1n) is 23.7. The summed E-state index contributed by atoms with van der Waals surface area (Å²) < 4.78 is 50.6. The third kappa shape index (κ3) is 12.9. The van der Waals surface area contributed by atoms with Crippen LogP contribution < -0.4 is 0 Å². The van der Waals surface area contributed by atoms with Crippen molar-refractivity contribution in [2.75, 3.05) is 0 Å². The lowest BCUT2D eigenvalue weighted by Crippen LogP contribution is -2.37. The zero-order chi connectivity index (χ0) is 44.0. The normalized spacial score (nSPS) is 41.2. The zero-order valence-electron chi connectivity index (χ0n) is 38.9. The van der Waals surface area contributed by atoms with Crippen LogP contribution in [-0.2, 0) is 57.1 Å². The molecule has 5 fully saturated rings. The van der Waals surface area contributed by atoms with Crippen LogP contribution in [0, 0.1) is 47.3 Å². The first kappa shape index (κ1) is 48.7. The average Bonchev–Trinajstić information content (AvgIpc) is 4.03. The predicted octanol–water partition coefficient (Wildman–Crippen LogP) is 8.57. The lowest BCUT2D eigenvalue weighted by molar-refractivity contribution is -0.165. The molecule has 5 aliphatic heterocycles. The van der Waals surface area contributed by atoms with Gasteiger partial charge < -0.3 is 37.9 Å². The van der Waals surface area contributed by atoms with Crippen molar-refractivity contribution < 1.29 is 57.1 Å². The fraction of sp³-hybridized carbons (Fsp3) is 0.917. The molecule has 8 bridgehead atoms. The Bertz CT molecular complexity index is 1210. The summed E-state index contributed by atoms with van der Waals surface area (Å²) in [6, 6.07) is 0. The molecule has 0 amide bonds. The van der Waals surface area contributed by atoms with E-state index in [1.54, 1.807) is 0 Å². The van der Waals surface area contributed by atoms with Gasteiger partial charge in [-0.15, -0.1) is 0 Å². The first-order chi connectivity index (χ1) is 28.3. The second-order valence-corrected chi connectivity index (χ2v) is 20.5. The quantitative estimate of drug-likeness (QED) is 0.198. The fourth-order valence-electron chi connectivity index (χ4n) is 9.59. The van der Waals surface area contributed by atoms with Gasteiger partial charge in [-0.1, -0.05) is 55.4 Å². The summed E-state index contributed by atoms with van der Waals surface area (Å²) in [5.41, 5.74) is 0. The molecule has 0 radical (unpaired) electrons. The standard InChI is InChI=1S/C48H80O12/c1-25(2)41-21-33-13-17-38(53-33)30(10)46(50)58-43(27(5)6)23-35-15-19-40(55-35)32(12)48(52)60-44(28(7)8)24-36-16-20-39(56-36)31(11)47(51)59-42(26(3)4)22-34-14-18-37(54-34)29(9)45(49)57-41/h25-44H,13-24H2,1-12H3/t29-,30+,31+,32-,33-,34+,35+,36-,37-,38+,39+,40-,41+,42-,43-,44+. The van der Waals surface area contributed by atoms with Gasteiger partial charge in [0.05, 0.1) is 72.5 Å². The molecule has 0 unspecified atom stereocenters. The molecule has 12 nitrogen and oxygen atoms in total. The number of hydrogen-bond donors (Lipinski definition) is 0. The number of carbonyl (C=O) groups is 4. The number of carbonyl (C=O) groups excluding carboxylic acids is 4. The SMILES string of the molecule is CC(C)[C@@H]1C[C@H]2CC[C@H](O2)[C@H](C)C(=O)O[C@@H](C(C)C)C[C@@H]2CC[C@@H](O2)[C@@H](C)C(=O)O[C@H](C(C)C)C[C@H]2CC[C@H](O2)[C@H](C)C(=O)O[C@@H](C(C)C)C[C@@H]2CC[C@@H](O2)[C@@H](C)C(=O)O1. The van der Waals surface area contributed by atoms with E-state index in [1.165, 1.54) is 0 Å². The van der Waals surface area contributed by atoms with E-state index in [-0.39, 0.29) is 121 Å². The Kier molecular flexibility index (Phi) is 17.8. The molecular weight excluding hydrogens is 769 g/mol. The van der Waals surface area contributed by atoms with E-state index in [0.29, 0.717) is 25.7 Å². The summed E-state index contributed by atoms with van der Waals surface area (Å²) in [5.74, 6) is -2.65. The van der Waals surface area contributed by atoms with Crippen LogP contribution in [-0.4, -0.2) is 97.1 Å². The number of cyclic esters (lactones) is 4. The molecule has 5 aliphatic rings. The second kappa shape index (κ2) is 21.9. The molecule has 0 aromatic carbocycles. The third-order valence-electron chi connectivity index (χ3n) is 14.3. The molecule has 0 aromatic rings. The molecule has 16 atom stereocenters. The van der Waals surface area contributed by atoms with Crippen LogP contribution in [0.4, 0.5) is 0 Å². The monoisotopic (exact) mass is 849 g/mol. The van der Waals surface area contributed by atoms with Crippen molar-refractivity contribution in [2.45, 2.75) is 233 Å². The van der Waals surface area contributed by atoms with Gasteiger partial charge in [0.2, 0.25) is 0 Å². The van der Waals surface area contributed by atoms with Gasteiger partial charge in [-0.25, -0.2) is 0 Å². The van der Waals surface area contributed by atoms with Crippen molar-refractivity contribution >= 4 is 23.9 Å². The fourth-order valence-corrected chi connectivity index (χ4v) is 9.59. The van der Waals surface area contributed by atoms with E-state index >= 15 is 0 Å². The predicted molar refractivity (Wildman–Crippen MR) is 226 cm³/mol. The molecule has 344 valence electrons. The minimum Gasteiger partial charge on any atom is -0.462 e. The molecule has 5 rings (SSSR count). The molecule has 5 saturated heterocycles. The van der Waals surface area contributed by atoms with Gasteiger partial charge in [0.15, 0.2) is 0 Å². The summed E-state index contributed by atoms with van der Waals surface area (Å²) in [6.07, 6.45) is 5.06. The van der Waals surface area contributed by atoms with Gasteiger partial charge in [0.1, 0.15) is 24.4 Å². The van der Waals surface area contributed by atoms with Gasteiger partial charge in [0, 0.05) is 25.7 Å². The van der Waals surface area contributed by atoms with Gasteiger partial charge in [0.25, 0.3) is 0 Å². The Labute approximate surface area is 360 Å². The van der Waals surface area contributed by atoms with Crippen molar-refractivity contribution in [1.82, 2.24) is 0 Å². The van der Waals surface area contributed by atoms with Gasteiger partial charge in [-0.05, 0) is 103 Å². The van der Waals surface area contributed by atoms with Crippen molar-refractivity contribution in [3.8, 4) is 0 Å². The van der Waals surface area contributed by atoms with Gasteiger partial charge >= 0.3 is 23.9 Å². The molecule has 5 heterocycles. The average molecular weight is 849 g/mol. The van der Waals surface area contributed by atoms with E-state index in [4.69, 9.17) is 37.9 Å². The molecule has 12 heteroatoms. The van der Waals surface area contributed by atoms with E-state index in [1.807, 2.05) is 83.1 Å². The lowest BCUT2D eigenvalue weighted by Gasteiger charge is -2.30. The van der Waals surface area contributed by atoms with Crippen LogP contribution in [0.15, 0.2) is 0 Å². The summed E-state index contributed by atoms with van der Waals surface area (Å²) >= 11 is 0. The third-order valence-corrected chi connectivity index (χ3v) is 14.3. The van der Waals surface area contributed by atoms with Crippen molar-refractivity contribution in [3.05, 3.63) is 0 Å². The Hall–Kier alpha value is -2.28. The topological polar surface area (TPSA) is 142 Å². The zero-order valence-corrected chi connectivity index (χ0v) is 38.9. The number of fused-ring (bicyclic) bond motifs is 8. The number of hydrogen-bond acceptors (Lipinski definition) is 12. The van der Waals surface area contributed by atoms with Crippen molar-refractivity contribution in [2.24, 2.45) is 47.3 Å². The van der Waals surface area contributed by atoms with Crippen molar-refractivity contribution in [3.63, 3.8) is 0 Å². The molecule has 0 spiro atoms. The molecule has 0 aromatic heterocycles. The molecular formula is C48H80O12. The van der Waals surface area contributed by atoms with Gasteiger partial charge in [-0.2, -0.15) is 0 Å². The van der Waals surface area contributed by atoms with Crippen LogP contribution in [0.5, 0.6) is 0 Å². The summed E-state index contributed by atoms with van der Waals surface area (Å²) in [7, 11) is 0. The lowest BCUT2D eigenvalue weighted by atomic mass is 9.96. The highest BCUT2D eigenvalue weighted by molar-refractivity contribution is 5.74. The van der Waals surface area contributed by atoms with Crippen LogP contribution in [0.1, 0.15) is 160 Å². The highest BCUT2D eigenvalue weighted by atomic mass is 16.6. The maximum atomic E-state index is 13.6. The van der Waals surface area contributed by atoms with E-state index in [9.17, 15) is 19.2 Å². The Morgan fingerprint density at radius 3 is 0.683 bits per heavy atom. The minimum absolute atomic E-state index is 0.0745. The van der Waals surface area contributed by atoms with E-state index < -0.39 is 23.7 Å². The molecule has 0 saturated carbocycles. The number of rotatable bonds is 4. The van der Waals surface area contributed by atoms with Crippen LogP contribution >= 0.6 is 0 Å². The Morgan fingerprint density at radius 2 is 0.517 bits per heavy atom. The largest absolute Gasteiger partial charge is 0.462 e. The maximum absolute atomic E-state index is 13.6. The van der Waals surface area contributed by atoms with Crippen LogP contribution in [0.2, 0.25) is 0 Å². The highest BCUT2D eigenvalue weighted by Gasteiger charge is 2.43. The smallest absolute Gasteiger partial charge is 0.311 e. The second-order valence-electron chi connectivity index (χ2n) is 20.5. The first-order valence-corrected chi connectivity index (χ1v) is 23.7.